The van der Waals surface area contributed by atoms with E-state index in [1.807, 2.05) is 24.3 Å². The Hall–Kier alpha value is -6.30. The maximum Gasteiger partial charge on any atom is 0.248 e. The number of hydrogen-bond acceptors (Lipinski definition) is 9. The van der Waals surface area contributed by atoms with Crippen molar-refractivity contribution in [2.24, 2.45) is 5.73 Å². The molecule has 5 aromatic heterocycles. The number of nitrogens with zero attached hydrogens (tertiary/aromatic N) is 7. The number of aromatic amines is 1. The van der Waals surface area contributed by atoms with E-state index in [1.165, 1.54) is 29.8 Å². The third-order valence-electron chi connectivity index (χ3n) is 7.74. The number of fused-ring (bicyclic) bond motifs is 3. The number of nitrogen functional groups attached to an aromatic ring is 1. The number of aldehydes is 1. The second-order valence-corrected chi connectivity index (χ2v) is 10.5. The van der Waals surface area contributed by atoms with E-state index in [9.17, 15) is 9.59 Å². The van der Waals surface area contributed by atoms with Gasteiger partial charge in [0.25, 0.3) is 0 Å². The van der Waals surface area contributed by atoms with Crippen LogP contribution < -0.4 is 11.5 Å². The SMILES string of the molecule is NC(=O)c1cc(C=O)c2[nH]ncc2c1.Nc1ncccc1-c1nc2ccc(-c3cnccn3)nc2n1-c1ccc2c(c1)CCC2. The molecule has 12 heteroatoms. The maximum absolute atomic E-state index is 10.9. The second kappa shape index (κ2) is 11.4. The number of nitrogens with one attached hydrogen (secondary N) is 1. The number of H-pyrrole nitrogens is 1. The molecule has 0 spiro atoms. The summed E-state index contributed by atoms with van der Waals surface area (Å²) in [6, 6.07) is 17.3. The average molecular weight is 595 g/mol. The van der Waals surface area contributed by atoms with Crippen LogP contribution >= 0.6 is 0 Å². The molecule has 0 atom stereocenters. The summed E-state index contributed by atoms with van der Waals surface area (Å²) in [5, 5.41) is 7.14. The van der Waals surface area contributed by atoms with Crippen molar-refractivity contribution in [2.45, 2.75) is 19.3 Å². The molecule has 45 heavy (non-hydrogen) atoms. The summed E-state index contributed by atoms with van der Waals surface area (Å²) in [4.78, 5) is 44.3. The van der Waals surface area contributed by atoms with Crippen molar-refractivity contribution in [3.05, 3.63) is 108 Å². The number of aryl methyl sites for hydroxylation is 2. The topological polar surface area (TPSA) is 184 Å². The van der Waals surface area contributed by atoms with Crippen molar-refractivity contribution in [1.82, 2.24) is 39.7 Å². The van der Waals surface area contributed by atoms with Gasteiger partial charge in [-0.3, -0.25) is 29.2 Å². The lowest BCUT2D eigenvalue weighted by Crippen LogP contribution is -2.11. The number of hydrogen-bond donors (Lipinski definition) is 3. The van der Waals surface area contributed by atoms with E-state index in [-0.39, 0.29) is 0 Å². The minimum Gasteiger partial charge on any atom is -0.383 e. The predicted molar refractivity (Wildman–Crippen MR) is 170 cm³/mol. The molecule has 1 aliphatic rings. The summed E-state index contributed by atoms with van der Waals surface area (Å²) in [5.74, 6) is 0.605. The predicted octanol–water partition coefficient (Wildman–Crippen LogP) is 4.48. The lowest BCUT2D eigenvalue weighted by molar-refractivity contribution is 0.100. The molecule has 1 aliphatic carbocycles. The Bertz CT molecular complexity index is 2220. The number of amides is 1. The van der Waals surface area contributed by atoms with Crippen LogP contribution in [0.2, 0.25) is 0 Å². The minimum atomic E-state index is -0.559. The zero-order valence-electron chi connectivity index (χ0n) is 23.9. The molecular weight excluding hydrogens is 568 g/mol. The molecule has 0 unspecified atom stereocenters. The first-order valence-corrected chi connectivity index (χ1v) is 14.2. The first-order chi connectivity index (χ1) is 22.0. The van der Waals surface area contributed by atoms with Gasteiger partial charge in [-0.15, -0.1) is 0 Å². The molecule has 2 aromatic carbocycles. The number of carbonyl (C=O) groups is 2. The molecule has 8 rings (SSSR count). The number of benzene rings is 2. The maximum atomic E-state index is 10.9. The van der Waals surface area contributed by atoms with E-state index in [2.05, 4.69) is 47.9 Å². The van der Waals surface area contributed by atoms with Gasteiger partial charge in [-0.05, 0) is 78.9 Å². The molecule has 12 nitrogen and oxygen atoms in total. The molecule has 220 valence electrons. The molecule has 0 bridgehead atoms. The number of anilines is 1. The lowest BCUT2D eigenvalue weighted by Gasteiger charge is -2.12. The summed E-state index contributed by atoms with van der Waals surface area (Å²) in [7, 11) is 0. The molecule has 5 N–H and O–H groups in total. The Labute approximate surface area is 256 Å². The third-order valence-corrected chi connectivity index (χ3v) is 7.74. The highest BCUT2D eigenvalue weighted by atomic mass is 16.1. The van der Waals surface area contributed by atoms with Gasteiger partial charge in [0.15, 0.2) is 17.8 Å². The monoisotopic (exact) mass is 594 g/mol. The van der Waals surface area contributed by atoms with Gasteiger partial charge in [-0.2, -0.15) is 5.10 Å². The molecule has 0 radical (unpaired) electrons. The quantitative estimate of drug-likeness (QED) is 0.242. The smallest absolute Gasteiger partial charge is 0.248 e. The summed E-state index contributed by atoms with van der Waals surface area (Å²) >= 11 is 0. The molecule has 5 heterocycles. The number of rotatable bonds is 5. The number of carbonyl (C=O) groups excluding carboxylic acids is 2. The minimum absolute atomic E-state index is 0.306. The normalized spacial score (nSPS) is 12.1. The van der Waals surface area contributed by atoms with Gasteiger partial charge in [0.2, 0.25) is 5.91 Å². The highest BCUT2D eigenvalue weighted by Gasteiger charge is 2.20. The van der Waals surface area contributed by atoms with Crippen LogP contribution in [0.3, 0.4) is 0 Å². The van der Waals surface area contributed by atoms with E-state index in [0.29, 0.717) is 39.8 Å². The largest absolute Gasteiger partial charge is 0.383 e. The van der Waals surface area contributed by atoms with Crippen LogP contribution in [0.1, 0.15) is 38.3 Å². The van der Waals surface area contributed by atoms with Crippen LogP contribution in [-0.4, -0.2) is 51.9 Å². The van der Waals surface area contributed by atoms with Gasteiger partial charge in [-0.1, -0.05) is 6.07 Å². The van der Waals surface area contributed by atoms with Crippen molar-refractivity contribution in [3.8, 4) is 28.5 Å². The van der Waals surface area contributed by atoms with Gasteiger partial charge in [0.05, 0.1) is 29.2 Å². The van der Waals surface area contributed by atoms with Crippen molar-refractivity contribution in [1.29, 1.82) is 0 Å². The van der Waals surface area contributed by atoms with Crippen molar-refractivity contribution in [3.63, 3.8) is 0 Å². The van der Waals surface area contributed by atoms with Gasteiger partial charge < -0.3 is 11.5 Å². The molecule has 1 amide bonds. The molecular formula is C33H26N10O2. The van der Waals surface area contributed by atoms with E-state index < -0.39 is 5.91 Å². The van der Waals surface area contributed by atoms with Crippen LogP contribution in [0.4, 0.5) is 5.82 Å². The number of nitrogens with two attached hydrogens (primary N) is 2. The van der Waals surface area contributed by atoms with E-state index in [0.717, 1.165) is 46.8 Å². The zero-order chi connectivity index (χ0) is 30.9. The molecule has 0 saturated heterocycles. The van der Waals surface area contributed by atoms with Crippen LogP contribution in [0, 0.1) is 0 Å². The summed E-state index contributed by atoms with van der Waals surface area (Å²) in [5.41, 5.74) is 20.2. The number of primary amides is 1. The molecule has 0 fully saturated rings. The third kappa shape index (κ3) is 5.14. The van der Waals surface area contributed by atoms with Crippen LogP contribution in [0.25, 0.3) is 50.5 Å². The van der Waals surface area contributed by atoms with Gasteiger partial charge in [0.1, 0.15) is 17.0 Å². The summed E-state index contributed by atoms with van der Waals surface area (Å²) in [6.07, 6.45) is 12.3. The first-order valence-electron chi connectivity index (χ1n) is 14.2. The van der Waals surface area contributed by atoms with Crippen molar-refractivity contribution >= 4 is 40.1 Å². The first kappa shape index (κ1) is 27.5. The lowest BCUT2D eigenvalue weighted by atomic mass is 10.1. The van der Waals surface area contributed by atoms with Crippen LogP contribution in [-0.2, 0) is 12.8 Å². The van der Waals surface area contributed by atoms with Crippen LogP contribution in [0.5, 0.6) is 0 Å². The Morgan fingerprint density at radius 2 is 1.80 bits per heavy atom. The highest BCUT2D eigenvalue weighted by molar-refractivity contribution is 6.03. The van der Waals surface area contributed by atoms with Crippen molar-refractivity contribution in [2.75, 3.05) is 5.73 Å². The number of imidazole rings is 1. The van der Waals surface area contributed by atoms with Gasteiger partial charge in [-0.25, -0.2) is 15.0 Å². The summed E-state index contributed by atoms with van der Waals surface area (Å²) < 4.78 is 2.07. The Morgan fingerprint density at radius 1 is 0.911 bits per heavy atom. The number of aromatic nitrogens is 8. The Kier molecular flexibility index (Phi) is 6.98. The fraction of sp³-hybridized carbons (Fsp3) is 0.0909. The van der Waals surface area contributed by atoms with Crippen molar-refractivity contribution < 1.29 is 9.59 Å². The Morgan fingerprint density at radius 3 is 2.60 bits per heavy atom. The fourth-order valence-corrected chi connectivity index (χ4v) is 5.58. The van der Waals surface area contributed by atoms with E-state index in [1.54, 1.807) is 30.9 Å². The molecule has 7 aromatic rings. The van der Waals surface area contributed by atoms with Gasteiger partial charge in [0, 0.05) is 40.8 Å². The standard InChI is InChI=1S/C24H19N7.C9H7N3O2/c25-22-18(5-2-10-28-22)23-30-20-9-8-19(21-14-26-11-12-27-21)29-24(20)31(23)17-7-6-15-3-1-4-16(15)13-17;10-9(14)5-1-6-3-11-12-8(6)7(2-5)4-13/h2,5-14H,1,3-4H2,(H2,25,28);1-4H,(H2,10,14)(H,11,12). The molecule has 0 saturated carbocycles. The van der Waals surface area contributed by atoms with Crippen LogP contribution in [0.15, 0.2) is 85.6 Å². The second-order valence-electron chi connectivity index (χ2n) is 10.5. The summed E-state index contributed by atoms with van der Waals surface area (Å²) in [6.45, 7) is 0. The van der Waals surface area contributed by atoms with E-state index >= 15 is 0 Å². The fourth-order valence-electron chi connectivity index (χ4n) is 5.58. The average Bonchev–Trinajstić information content (AvgIpc) is 3.83. The van der Waals surface area contributed by atoms with E-state index in [4.69, 9.17) is 21.4 Å². The highest BCUT2D eigenvalue weighted by Crippen LogP contribution is 2.33. The van der Waals surface area contributed by atoms with Gasteiger partial charge >= 0.3 is 0 Å². The molecule has 0 aliphatic heterocycles. The Balaban J connectivity index is 0.000000195. The number of pyridine rings is 2. The zero-order valence-corrected chi connectivity index (χ0v) is 23.9.